The van der Waals surface area contributed by atoms with E-state index in [0.29, 0.717) is 25.5 Å². The summed E-state index contributed by atoms with van der Waals surface area (Å²) in [5.74, 6) is 7.42. The van der Waals surface area contributed by atoms with Crippen molar-refractivity contribution in [1.29, 1.82) is 0 Å². The van der Waals surface area contributed by atoms with Crippen molar-refractivity contribution < 1.29 is 14.3 Å². The molecule has 0 saturated carbocycles. The van der Waals surface area contributed by atoms with Gasteiger partial charge in [0, 0.05) is 18.9 Å². The summed E-state index contributed by atoms with van der Waals surface area (Å²) >= 11 is 0. The van der Waals surface area contributed by atoms with Crippen molar-refractivity contribution in [2.45, 2.75) is 64.4 Å². The lowest BCUT2D eigenvalue weighted by molar-refractivity contribution is -0.138. The van der Waals surface area contributed by atoms with Gasteiger partial charge in [0.25, 0.3) is 0 Å². The van der Waals surface area contributed by atoms with Gasteiger partial charge < -0.3 is 14.0 Å². The van der Waals surface area contributed by atoms with Crippen LogP contribution < -0.4 is 4.74 Å². The van der Waals surface area contributed by atoms with Gasteiger partial charge in [0.15, 0.2) is 8.24 Å². The third-order valence-electron chi connectivity index (χ3n) is 5.55. The van der Waals surface area contributed by atoms with E-state index in [1.165, 1.54) is 0 Å². The monoisotopic (exact) mass is 373 g/mol. The van der Waals surface area contributed by atoms with E-state index in [1.54, 1.807) is 7.11 Å². The van der Waals surface area contributed by atoms with Crippen molar-refractivity contribution >= 4 is 14.1 Å². The number of benzene rings is 1. The first-order valence-electron chi connectivity index (χ1n) is 9.15. The lowest BCUT2D eigenvalue weighted by atomic mass is 10.0. The second-order valence-corrected chi connectivity index (χ2v) is 13.4. The maximum Gasteiger partial charge on any atom is 0.217 e. The Balaban J connectivity index is 1.78. The molecule has 1 heterocycles. The number of hydrogen-bond acceptors (Lipinski definition) is 3. The molecule has 2 rings (SSSR count). The summed E-state index contributed by atoms with van der Waals surface area (Å²) in [6.07, 6.45) is 1.37. The molecule has 1 saturated heterocycles. The molecule has 1 atom stereocenters. The predicted molar refractivity (Wildman–Crippen MR) is 107 cm³/mol. The molecule has 0 N–H and O–H groups in total. The van der Waals surface area contributed by atoms with Crippen LogP contribution in [0.4, 0.5) is 0 Å². The fourth-order valence-corrected chi connectivity index (χ4v) is 5.49. The van der Waals surface area contributed by atoms with Gasteiger partial charge in [-0.05, 0) is 22.7 Å². The topological polar surface area (TPSA) is 38.8 Å². The van der Waals surface area contributed by atoms with Gasteiger partial charge >= 0.3 is 0 Å². The standard InChI is InChI=1S/C21H31NO3Si/c1-21(2,3)26(5,6)22-18(15-20(22)23)9-7-8-14-25-16-17-10-12-19(24-4)13-11-17/h10-13,18H,9,14-16H2,1-6H3/t18-/m1/s1. The molecular weight excluding hydrogens is 342 g/mol. The first-order valence-corrected chi connectivity index (χ1v) is 12.1. The zero-order valence-corrected chi connectivity index (χ0v) is 17.9. The Morgan fingerprint density at radius 3 is 2.38 bits per heavy atom. The molecule has 0 spiro atoms. The number of methoxy groups -OCH3 is 1. The van der Waals surface area contributed by atoms with Crippen LogP contribution in [-0.2, 0) is 16.1 Å². The summed E-state index contributed by atoms with van der Waals surface area (Å²) in [7, 11) is -0.145. The molecule has 0 unspecified atom stereocenters. The minimum atomic E-state index is -1.80. The van der Waals surface area contributed by atoms with E-state index in [-0.39, 0.29) is 11.1 Å². The molecule has 1 aromatic rings. The van der Waals surface area contributed by atoms with Crippen LogP contribution in [0, 0.1) is 11.8 Å². The first kappa shape index (κ1) is 20.5. The molecule has 26 heavy (non-hydrogen) atoms. The molecule has 0 aliphatic carbocycles. The number of ether oxygens (including phenoxy) is 2. The highest BCUT2D eigenvalue weighted by Gasteiger charge is 2.51. The zero-order chi connectivity index (χ0) is 19.4. The fraction of sp³-hybridized carbons (Fsp3) is 0.571. The van der Waals surface area contributed by atoms with E-state index >= 15 is 0 Å². The number of carbonyl (C=O) groups is 1. The van der Waals surface area contributed by atoms with Gasteiger partial charge in [0.05, 0.1) is 13.7 Å². The third kappa shape index (κ3) is 4.69. The van der Waals surface area contributed by atoms with Crippen molar-refractivity contribution in [1.82, 2.24) is 4.57 Å². The Hall–Kier alpha value is -1.77. The van der Waals surface area contributed by atoms with E-state index in [4.69, 9.17) is 9.47 Å². The van der Waals surface area contributed by atoms with E-state index in [0.717, 1.165) is 17.7 Å². The highest BCUT2D eigenvalue weighted by Crippen LogP contribution is 2.43. The average Bonchev–Trinajstić information content (AvgIpc) is 2.55. The Kier molecular flexibility index (Phi) is 6.54. The summed E-state index contributed by atoms with van der Waals surface area (Å²) in [5.41, 5.74) is 1.10. The molecule has 1 fully saturated rings. The van der Waals surface area contributed by atoms with E-state index < -0.39 is 8.24 Å². The number of rotatable bonds is 6. The summed E-state index contributed by atoms with van der Waals surface area (Å²) in [6, 6.07) is 8.10. The van der Waals surface area contributed by atoms with Gasteiger partial charge in [-0.25, -0.2) is 0 Å². The van der Waals surface area contributed by atoms with Gasteiger partial charge in [-0.3, -0.25) is 4.79 Å². The number of amides is 1. The number of nitrogens with zero attached hydrogens (tertiary/aromatic N) is 1. The summed E-state index contributed by atoms with van der Waals surface area (Å²) < 4.78 is 12.9. The minimum Gasteiger partial charge on any atom is -0.497 e. The minimum absolute atomic E-state index is 0.163. The molecule has 4 nitrogen and oxygen atoms in total. The zero-order valence-electron chi connectivity index (χ0n) is 16.9. The Morgan fingerprint density at radius 1 is 1.19 bits per heavy atom. The third-order valence-corrected chi connectivity index (χ3v) is 11.0. The average molecular weight is 374 g/mol. The van der Waals surface area contributed by atoms with E-state index in [1.807, 2.05) is 24.3 Å². The fourth-order valence-electron chi connectivity index (χ4n) is 2.96. The quantitative estimate of drug-likeness (QED) is 0.324. The van der Waals surface area contributed by atoms with Gasteiger partial charge in [0.1, 0.15) is 12.4 Å². The number of hydrogen-bond donors (Lipinski definition) is 0. The molecule has 1 aromatic carbocycles. The molecule has 5 heteroatoms. The van der Waals surface area contributed by atoms with Gasteiger partial charge in [-0.1, -0.05) is 57.8 Å². The maximum atomic E-state index is 12.2. The highest BCUT2D eigenvalue weighted by atomic mass is 28.3. The van der Waals surface area contributed by atoms with Crippen LogP contribution in [0.25, 0.3) is 0 Å². The van der Waals surface area contributed by atoms with Crippen LogP contribution in [0.2, 0.25) is 18.1 Å². The molecular formula is C21H31NO3Si. The first-order chi connectivity index (χ1) is 12.2. The van der Waals surface area contributed by atoms with Crippen molar-refractivity contribution in [3.05, 3.63) is 29.8 Å². The molecule has 142 valence electrons. The molecule has 1 aliphatic rings. The van der Waals surface area contributed by atoms with Crippen molar-refractivity contribution in [3.63, 3.8) is 0 Å². The predicted octanol–water partition coefficient (Wildman–Crippen LogP) is 4.21. The van der Waals surface area contributed by atoms with Crippen LogP contribution in [0.1, 0.15) is 39.2 Å². The molecule has 0 aromatic heterocycles. The number of carbonyl (C=O) groups excluding carboxylic acids is 1. The van der Waals surface area contributed by atoms with Crippen LogP contribution in [0.5, 0.6) is 5.75 Å². The van der Waals surface area contributed by atoms with Crippen LogP contribution in [-0.4, -0.2) is 38.5 Å². The van der Waals surface area contributed by atoms with Gasteiger partial charge in [-0.2, -0.15) is 0 Å². The van der Waals surface area contributed by atoms with Crippen molar-refractivity contribution in [2.24, 2.45) is 0 Å². The summed E-state index contributed by atoms with van der Waals surface area (Å²) in [5, 5.41) is 0.163. The SMILES string of the molecule is COc1ccc(COCC#CC[C@@H]2CC(=O)N2[Si](C)(C)C(C)(C)C)cc1. The summed E-state index contributed by atoms with van der Waals surface area (Å²) in [4.78, 5) is 12.2. The van der Waals surface area contributed by atoms with Crippen LogP contribution in [0.3, 0.4) is 0 Å². The second kappa shape index (κ2) is 8.28. The van der Waals surface area contributed by atoms with Gasteiger partial charge in [0.2, 0.25) is 5.91 Å². The lowest BCUT2D eigenvalue weighted by Gasteiger charge is -2.54. The van der Waals surface area contributed by atoms with Crippen LogP contribution in [0.15, 0.2) is 24.3 Å². The largest absolute Gasteiger partial charge is 0.497 e. The lowest BCUT2D eigenvalue weighted by Crippen LogP contribution is -2.67. The Labute approximate surface area is 159 Å². The Bertz CT molecular complexity index is 680. The molecule has 0 bridgehead atoms. The Morgan fingerprint density at radius 2 is 1.85 bits per heavy atom. The molecule has 1 amide bonds. The van der Waals surface area contributed by atoms with Gasteiger partial charge in [-0.15, -0.1) is 0 Å². The van der Waals surface area contributed by atoms with E-state index in [9.17, 15) is 4.79 Å². The molecule has 1 aliphatic heterocycles. The summed E-state index contributed by atoms with van der Waals surface area (Å²) in [6.45, 7) is 12.2. The molecule has 0 radical (unpaired) electrons. The van der Waals surface area contributed by atoms with Crippen molar-refractivity contribution in [2.75, 3.05) is 13.7 Å². The van der Waals surface area contributed by atoms with Crippen LogP contribution >= 0.6 is 0 Å². The number of β-lactam (4-membered cyclic amide) rings is 1. The van der Waals surface area contributed by atoms with E-state index in [2.05, 4.69) is 50.3 Å². The normalized spacial score (nSPS) is 17.4. The smallest absolute Gasteiger partial charge is 0.217 e. The second-order valence-electron chi connectivity index (χ2n) is 8.33. The van der Waals surface area contributed by atoms with Crippen molar-refractivity contribution in [3.8, 4) is 17.6 Å². The highest BCUT2D eigenvalue weighted by molar-refractivity contribution is 6.79. The maximum absolute atomic E-state index is 12.2.